The zero-order valence-electron chi connectivity index (χ0n) is 14.5. The molecule has 0 bridgehead atoms. The van der Waals surface area contributed by atoms with Gasteiger partial charge in [-0.3, -0.25) is 14.2 Å². The van der Waals surface area contributed by atoms with E-state index in [1.165, 1.54) is 28.5 Å². The van der Waals surface area contributed by atoms with Gasteiger partial charge >= 0.3 is 6.36 Å². The summed E-state index contributed by atoms with van der Waals surface area (Å²) in [6, 6.07) is 4.54. The quantitative estimate of drug-likeness (QED) is 0.798. The molecule has 1 atom stereocenters. The van der Waals surface area contributed by atoms with Gasteiger partial charge in [-0.1, -0.05) is 11.8 Å². The summed E-state index contributed by atoms with van der Waals surface area (Å²) in [5.41, 5.74) is 1.40. The largest absolute Gasteiger partial charge is 0.573 e. The van der Waals surface area contributed by atoms with Gasteiger partial charge in [-0.2, -0.15) is 0 Å². The maximum absolute atomic E-state index is 12.5. The average Bonchev–Trinajstić information content (AvgIpc) is 2.95. The van der Waals surface area contributed by atoms with Crippen molar-refractivity contribution in [1.82, 2.24) is 9.55 Å². The van der Waals surface area contributed by atoms with Crippen LogP contribution in [-0.4, -0.2) is 27.6 Å². The molecular formula is C17H16F3N3O3S. The van der Waals surface area contributed by atoms with Gasteiger partial charge in [-0.25, -0.2) is 4.98 Å². The van der Waals surface area contributed by atoms with Gasteiger partial charge in [0, 0.05) is 29.1 Å². The molecule has 2 aromatic rings. The van der Waals surface area contributed by atoms with Crippen LogP contribution in [0, 0.1) is 13.8 Å². The molecule has 0 spiro atoms. The summed E-state index contributed by atoms with van der Waals surface area (Å²) in [5, 5.41) is 3.21. The van der Waals surface area contributed by atoms with Crippen LogP contribution in [0.2, 0.25) is 0 Å². The van der Waals surface area contributed by atoms with Crippen molar-refractivity contribution < 1.29 is 22.7 Å². The number of hydrogen-bond acceptors (Lipinski definition) is 5. The fourth-order valence-corrected chi connectivity index (χ4v) is 3.87. The number of alkyl halides is 3. The molecule has 1 aliphatic rings. The molecule has 0 saturated heterocycles. The van der Waals surface area contributed by atoms with Crippen LogP contribution in [0.25, 0.3) is 0 Å². The Balaban J connectivity index is 1.67. The first-order valence-corrected chi connectivity index (χ1v) is 9.01. The van der Waals surface area contributed by atoms with Gasteiger partial charge in [0.05, 0.1) is 6.04 Å². The number of rotatable bonds is 4. The number of anilines is 1. The third-order valence-electron chi connectivity index (χ3n) is 4.11. The first-order valence-electron chi connectivity index (χ1n) is 8.02. The summed E-state index contributed by atoms with van der Waals surface area (Å²) >= 11 is 1.42. The molecule has 3 rings (SSSR count). The number of thioether (sulfide) groups is 1. The predicted molar refractivity (Wildman–Crippen MR) is 94.1 cm³/mol. The highest BCUT2D eigenvalue weighted by Crippen LogP contribution is 2.32. The second kappa shape index (κ2) is 7.26. The van der Waals surface area contributed by atoms with Crippen molar-refractivity contribution in [1.29, 1.82) is 0 Å². The monoisotopic (exact) mass is 399 g/mol. The lowest BCUT2D eigenvalue weighted by Crippen LogP contribution is -2.29. The Morgan fingerprint density at radius 1 is 1.33 bits per heavy atom. The Labute approximate surface area is 156 Å². The van der Waals surface area contributed by atoms with Crippen molar-refractivity contribution in [2.75, 3.05) is 11.1 Å². The number of nitrogens with zero attached hydrogens (tertiary/aromatic N) is 2. The van der Waals surface area contributed by atoms with Gasteiger partial charge in [0.1, 0.15) is 5.75 Å². The topological polar surface area (TPSA) is 73.2 Å². The standard InChI is InChI=1S/C17H16F3N3O3S/c1-9-10(2)21-16-23(15(9)25)12(8-27-16)7-14(24)22-11-3-5-13(6-4-11)26-17(18,19)20/h3-6,12H,7-8H2,1-2H3,(H,22,24). The zero-order chi connectivity index (χ0) is 19.8. The van der Waals surface area contributed by atoms with Crippen LogP contribution in [0.3, 0.4) is 0 Å². The Kier molecular flexibility index (Phi) is 5.18. The summed E-state index contributed by atoms with van der Waals surface area (Å²) in [7, 11) is 0. The Morgan fingerprint density at radius 2 is 2.00 bits per heavy atom. The molecule has 1 aromatic carbocycles. The minimum atomic E-state index is -4.77. The van der Waals surface area contributed by atoms with Crippen LogP contribution in [0.5, 0.6) is 5.75 Å². The summed E-state index contributed by atoms with van der Waals surface area (Å²) in [6.07, 6.45) is -4.71. The lowest BCUT2D eigenvalue weighted by Gasteiger charge is -2.15. The summed E-state index contributed by atoms with van der Waals surface area (Å²) in [5.74, 6) is -0.162. The van der Waals surface area contributed by atoms with E-state index in [1.807, 2.05) is 0 Å². The van der Waals surface area contributed by atoms with E-state index in [4.69, 9.17) is 0 Å². The number of carbonyl (C=O) groups excluding carboxylic acids is 1. The van der Waals surface area contributed by atoms with Gasteiger partial charge in [0.25, 0.3) is 5.56 Å². The number of aryl methyl sites for hydroxylation is 1. The number of hydrogen-bond donors (Lipinski definition) is 1. The lowest BCUT2D eigenvalue weighted by molar-refractivity contribution is -0.274. The van der Waals surface area contributed by atoms with E-state index >= 15 is 0 Å². The maximum Gasteiger partial charge on any atom is 0.573 e. The highest BCUT2D eigenvalue weighted by atomic mass is 32.2. The second-order valence-corrected chi connectivity index (χ2v) is 7.06. The minimum Gasteiger partial charge on any atom is -0.406 e. The molecule has 1 aromatic heterocycles. The number of benzene rings is 1. The molecule has 10 heteroatoms. The highest BCUT2D eigenvalue weighted by Gasteiger charge is 2.31. The van der Waals surface area contributed by atoms with Crippen molar-refractivity contribution in [2.45, 2.75) is 37.8 Å². The normalized spacial score (nSPS) is 16.1. The molecule has 0 fully saturated rings. The van der Waals surface area contributed by atoms with Gasteiger partial charge in [-0.15, -0.1) is 13.2 Å². The van der Waals surface area contributed by atoms with Gasteiger partial charge in [-0.05, 0) is 38.1 Å². The molecular weight excluding hydrogens is 383 g/mol. The SMILES string of the molecule is Cc1nc2n(c(=O)c1C)C(CC(=O)Nc1ccc(OC(F)(F)F)cc1)CS2. The van der Waals surface area contributed by atoms with E-state index in [0.717, 1.165) is 12.1 Å². The molecule has 27 heavy (non-hydrogen) atoms. The third-order valence-corrected chi connectivity index (χ3v) is 5.21. The first-order chi connectivity index (χ1) is 12.6. The number of carbonyl (C=O) groups is 1. The number of amides is 1. The lowest BCUT2D eigenvalue weighted by atomic mass is 10.2. The summed E-state index contributed by atoms with van der Waals surface area (Å²) < 4.78 is 41.8. The van der Waals surface area contributed by atoms with E-state index in [-0.39, 0.29) is 29.7 Å². The molecule has 0 aliphatic carbocycles. The number of ether oxygens (including phenoxy) is 1. The molecule has 144 valence electrons. The van der Waals surface area contributed by atoms with Gasteiger partial charge in [0.2, 0.25) is 5.91 Å². The van der Waals surface area contributed by atoms with Gasteiger partial charge < -0.3 is 10.1 Å². The highest BCUT2D eigenvalue weighted by molar-refractivity contribution is 7.99. The number of fused-ring (bicyclic) bond motifs is 1. The fourth-order valence-electron chi connectivity index (χ4n) is 2.69. The average molecular weight is 399 g/mol. The van der Waals surface area contributed by atoms with E-state index in [9.17, 15) is 22.8 Å². The van der Waals surface area contributed by atoms with Crippen molar-refractivity contribution in [3.05, 3.63) is 45.9 Å². The maximum atomic E-state index is 12.5. The number of aromatic nitrogens is 2. The second-order valence-electron chi connectivity index (χ2n) is 6.07. The minimum absolute atomic E-state index is 0.0604. The molecule has 1 aliphatic heterocycles. The van der Waals surface area contributed by atoms with Crippen molar-refractivity contribution >= 4 is 23.4 Å². The third kappa shape index (κ3) is 4.44. The van der Waals surface area contributed by atoms with Crippen LogP contribution in [-0.2, 0) is 4.79 Å². The molecule has 1 amide bonds. The number of nitrogens with one attached hydrogen (secondary N) is 1. The Morgan fingerprint density at radius 3 is 2.63 bits per heavy atom. The smallest absolute Gasteiger partial charge is 0.406 e. The van der Waals surface area contributed by atoms with Gasteiger partial charge in [0.15, 0.2) is 5.16 Å². The van der Waals surface area contributed by atoms with Crippen molar-refractivity contribution in [3.8, 4) is 5.75 Å². The van der Waals surface area contributed by atoms with E-state index in [0.29, 0.717) is 27.9 Å². The molecule has 1 unspecified atom stereocenters. The number of halogens is 3. The summed E-state index contributed by atoms with van der Waals surface area (Å²) in [4.78, 5) is 29.1. The zero-order valence-corrected chi connectivity index (χ0v) is 15.3. The van der Waals surface area contributed by atoms with Crippen LogP contribution in [0.4, 0.5) is 18.9 Å². The van der Waals surface area contributed by atoms with Crippen molar-refractivity contribution in [2.24, 2.45) is 0 Å². The van der Waals surface area contributed by atoms with Crippen LogP contribution < -0.4 is 15.6 Å². The molecule has 0 saturated carbocycles. The Hall–Kier alpha value is -2.49. The molecule has 2 heterocycles. The molecule has 6 nitrogen and oxygen atoms in total. The fraction of sp³-hybridized carbons (Fsp3) is 0.353. The van der Waals surface area contributed by atoms with Crippen LogP contribution in [0.15, 0.2) is 34.2 Å². The summed E-state index contributed by atoms with van der Waals surface area (Å²) in [6.45, 7) is 3.47. The van der Waals surface area contributed by atoms with E-state index < -0.39 is 6.36 Å². The van der Waals surface area contributed by atoms with E-state index in [2.05, 4.69) is 15.0 Å². The molecule has 1 N–H and O–H groups in total. The first kappa shape index (κ1) is 19.3. The Bertz CT molecular complexity index is 926. The van der Waals surface area contributed by atoms with Crippen LogP contribution in [0.1, 0.15) is 23.7 Å². The van der Waals surface area contributed by atoms with Crippen LogP contribution >= 0.6 is 11.8 Å². The molecule has 0 radical (unpaired) electrons. The predicted octanol–water partition coefficient (Wildman–Crippen LogP) is 3.43. The van der Waals surface area contributed by atoms with Crippen molar-refractivity contribution in [3.63, 3.8) is 0 Å². The van der Waals surface area contributed by atoms with E-state index in [1.54, 1.807) is 13.8 Å².